The third kappa shape index (κ3) is 4.13. The number of aromatic nitrogens is 1. The smallest absolute Gasteiger partial charge is 0.293 e. The molecule has 1 unspecified atom stereocenters. The van der Waals surface area contributed by atoms with E-state index >= 15 is 0 Å². The van der Waals surface area contributed by atoms with Crippen LogP contribution >= 0.6 is 0 Å². The molecule has 126 valence electrons. The van der Waals surface area contributed by atoms with Gasteiger partial charge in [0.25, 0.3) is 5.91 Å². The van der Waals surface area contributed by atoms with Crippen molar-refractivity contribution in [1.82, 2.24) is 0 Å². The molecule has 1 atom stereocenters. The highest BCUT2D eigenvalue weighted by molar-refractivity contribution is 5.94. The Hall–Kier alpha value is -2.94. The number of nitrogens with one attached hydrogen (secondary N) is 1. The van der Waals surface area contributed by atoms with Crippen LogP contribution in [0.5, 0.6) is 0 Å². The number of amides is 1. The van der Waals surface area contributed by atoms with Crippen LogP contribution in [0.3, 0.4) is 0 Å². The molecule has 0 radical (unpaired) electrons. The highest BCUT2D eigenvalue weighted by Crippen LogP contribution is 2.21. The molecule has 0 aliphatic rings. The van der Waals surface area contributed by atoms with Crippen LogP contribution in [0.15, 0.2) is 79.1 Å². The third-order valence-electron chi connectivity index (χ3n) is 4.40. The molecule has 2 aromatic carbocycles. The zero-order chi connectivity index (χ0) is 17.6. The van der Waals surface area contributed by atoms with Gasteiger partial charge in [0.15, 0.2) is 12.4 Å². The topological polar surface area (TPSA) is 33.0 Å². The fourth-order valence-electron chi connectivity index (χ4n) is 3.01. The molecule has 0 fully saturated rings. The van der Waals surface area contributed by atoms with Crippen molar-refractivity contribution < 1.29 is 9.36 Å². The Morgan fingerprint density at radius 3 is 2.12 bits per heavy atom. The molecule has 0 saturated heterocycles. The van der Waals surface area contributed by atoms with E-state index < -0.39 is 0 Å². The summed E-state index contributed by atoms with van der Waals surface area (Å²) < 4.78 is 1.97. The Labute approximate surface area is 149 Å². The lowest BCUT2D eigenvalue weighted by Gasteiger charge is -2.16. The summed E-state index contributed by atoms with van der Waals surface area (Å²) in [4.78, 5) is 13.1. The quantitative estimate of drug-likeness (QED) is 0.704. The Kier molecular flexibility index (Phi) is 5.24. The molecule has 0 saturated carbocycles. The average molecular weight is 331 g/mol. The first-order valence-electron chi connectivity index (χ1n) is 8.52. The number of benzene rings is 2. The van der Waals surface area contributed by atoms with E-state index in [1.54, 1.807) is 0 Å². The Morgan fingerprint density at radius 2 is 1.48 bits per heavy atom. The summed E-state index contributed by atoms with van der Waals surface area (Å²) in [5.74, 6) is -0.00236. The Morgan fingerprint density at radius 1 is 0.880 bits per heavy atom. The molecular weight excluding hydrogens is 308 g/mol. The molecule has 1 N–H and O–H groups in total. The van der Waals surface area contributed by atoms with E-state index in [1.807, 2.05) is 85.4 Å². The van der Waals surface area contributed by atoms with Gasteiger partial charge in [-0.25, -0.2) is 0 Å². The summed E-state index contributed by atoms with van der Waals surface area (Å²) in [7, 11) is 0. The van der Waals surface area contributed by atoms with Crippen molar-refractivity contribution in [1.29, 1.82) is 0 Å². The summed E-state index contributed by atoms with van der Waals surface area (Å²) >= 11 is 0. The second kappa shape index (κ2) is 7.75. The number of hydrogen-bond donors (Lipinski definition) is 1. The minimum atomic E-state index is -0.303. The van der Waals surface area contributed by atoms with Gasteiger partial charge < -0.3 is 5.32 Å². The van der Waals surface area contributed by atoms with Crippen LogP contribution in [0.1, 0.15) is 22.7 Å². The standard InChI is InChI=1S/C22H22N2O/c1-17-10-9-11-18(2)21(17)23-22(25)20(24-14-7-4-8-15-24)16-19-12-5-3-6-13-19/h3-15,20H,16H2,1-2H3/p+1. The van der Waals surface area contributed by atoms with Crippen molar-refractivity contribution in [2.24, 2.45) is 0 Å². The number of carbonyl (C=O) groups is 1. The van der Waals surface area contributed by atoms with Gasteiger partial charge >= 0.3 is 0 Å². The predicted octanol–water partition coefficient (Wildman–Crippen LogP) is 4.01. The van der Waals surface area contributed by atoms with E-state index in [2.05, 4.69) is 17.4 Å². The van der Waals surface area contributed by atoms with Gasteiger partial charge in [0, 0.05) is 24.2 Å². The SMILES string of the molecule is Cc1cccc(C)c1NC(=O)C(Cc1ccccc1)[n+]1ccccc1. The maximum atomic E-state index is 13.1. The minimum Gasteiger partial charge on any atom is -0.320 e. The van der Waals surface area contributed by atoms with E-state index in [9.17, 15) is 4.79 Å². The van der Waals surface area contributed by atoms with Gasteiger partial charge in [-0.05, 0) is 30.5 Å². The third-order valence-corrected chi connectivity index (χ3v) is 4.40. The van der Waals surface area contributed by atoms with Crippen LogP contribution in [0.2, 0.25) is 0 Å². The van der Waals surface area contributed by atoms with E-state index in [1.165, 1.54) is 0 Å². The van der Waals surface area contributed by atoms with Gasteiger partial charge in [-0.1, -0.05) is 54.6 Å². The lowest BCUT2D eigenvalue weighted by atomic mass is 10.0. The van der Waals surface area contributed by atoms with E-state index in [-0.39, 0.29) is 11.9 Å². The summed E-state index contributed by atoms with van der Waals surface area (Å²) in [5, 5.41) is 3.14. The van der Waals surface area contributed by atoms with Crippen LogP contribution in [-0.2, 0) is 11.2 Å². The van der Waals surface area contributed by atoms with Gasteiger partial charge in [-0.15, -0.1) is 0 Å². The molecule has 1 aromatic heterocycles. The van der Waals surface area contributed by atoms with Gasteiger partial charge in [0.05, 0.1) is 0 Å². The van der Waals surface area contributed by atoms with Crippen LogP contribution in [0.4, 0.5) is 5.69 Å². The molecule has 0 spiro atoms. The van der Waals surface area contributed by atoms with Gasteiger partial charge in [0.2, 0.25) is 6.04 Å². The van der Waals surface area contributed by atoms with E-state index in [0.29, 0.717) is 6.42 Å². The summed E-state index contributed by atoms with van der Waals surface area (Å²) in [6.45, 7) is 4.04. The molecule has 3 nitrogen and oxygen atoms in total. The molecule has 25 heavy (non-hydrogen) atoms. The van der Waals surface area contributed by atoms with Crippen molar-refractivity contribution in [3.05, 3.63) is 95.8 Å². The van der Waals surface area contributed by atoms with Crippen LogP contribution < -0.4 is 9.88 Å². The first kappa shape index (κ1) is 16.9. The number of hydrogen-bond acceptors (Lipinski definition) is 1. The first-order chi connectivity index (χ1) is 12.1. The van der Waals surface area contributed by atoms with Crippen molar-refractivity contribution in [2.75, 3.05) is 5.32 Å². The normalized spacial score (nSPS) is 11.8. The van der Waals surface area contributed by atoms with E-state index in [4.69, 9.17) is 0 Å². The number of anilines is 1. The molecule has 0 aliphatic carbocycles. The fraction of sp³-hybridized carbons (Fsp3) is 0.182. The molecule has 3 rings (SSSR count). The zero-order valence-electron chi connectivity index (χ0n) is 14.6. The van der Waals surface area contributed by atoms with Gasteiger partial charge in [-0.3, -0.25) is 4.79 Å². The highest BCUT2D eigenvalue weighted by Gasteiger charge is 2.28. The van der Waals surface area contributed by atoms with Crippen LogP contribution in [-0.4, -0.2) is 5.91 Å². The number of rotatable bonds is 5. The zero-order valence-corrected chi connectivity index (χ0v) is 14.6. The maximum Gasteiger partial charge on any atom is 0.293 e. The lowest BCUT2D eigenvalue weighted by molar-refractivity contribution is -0.708. The lowest BCUT2D eigenvalue weighted by Crippen LogP contribution is -2.47. The van der Waals surface area contributed by atoms with Crippen molar-refractivity contribution >= 4 is 11.6 Å². The first-order valence-corrected chi connectivity index (χ1v) is 8.52. The van der Waals surface area contributed by atoms with Crippen molar-refractivity contribution in [3.63, 3.8) is 0 Å². The summed E-state index contributed by atoms with van der Waals surface area (Å²) in [5.41, 5.74) is 4.19. The van der Waals surface area contributed by atoms with Crippen molar-refractivity contribution in [3.8, 4) is 0 Å². The summed E-state index contributed by atoms with van der Waals surface area (Å²) in [6, 6.07) is 21.7. The monoisotopic (exact) mass is 331 g/mol. The number of para-hydroxylation sites is 1. The molecule has 0 aliphatic heterocycles. The highest BCUT2D eigenvalue weighted by atomic mass is 16.2. The number of carbonyl (C=O) groups excluding carboxylic acids is 1. The molecule has 1 heterocycles. The molecule has 3 aromatic rings. The molecule has 0 bridgehead atoms. The maximum absolute atomic E-state index is 13.1. The number of aryl methyl sites for hydroxylation is 2. The van der Waals surface area contributed by atoms with Crippen molar-refractivity contribution in [2.45, 2.75) is 26.3 Å². The van der Waals surface area contributed by atoms with Crippen LogP contribution in [0.25, 0.3) is 0 Å². The predicted molar refractivity (Wildman–Crippen MR) is 100 cm³/mol. The minimum absolute atomic E-state index is 0.00236. The number of nitrogens with zero attached hydrogens (tertiary/aromatic N) is 1. The fourth-order valence-corrected chi connectivity index (χ4v) is 3.01. The molecular formula is C22H23N2O+. The van der Waals surface area contributed by atoms with Crippen LogP contribution in [0, 0.1) is 13.8 Å². The van der Waals surface area contributed by atoms with Gasteiger partial charge in [-0.2, -0.15) is 4.57 Å². The largest absolute Gasteiger partial charge is 0.320 e. The average Bonchev–Trinajstić information content (AvgIpc) is 2.64. The number of pyridine rings is 1. The Balaban J connectivity index is 1.90. The second-order valence-corrected chi connectivity index (χ2v) is 6.28. The summed E-state index contributed by atoms with van der Waals surface area (Å²) in [6.07, 6.45) is 4.53. The van der Waals surface area contributed by atoms with Gasteiger partial charge in [0.1, 0.15) is 0 Å². The van der Waals surface area contributed by atoms with E-state index in [0.717, 1.165) is 22.4 Å². The second-order valence-electron chi connectivity index (χ2n) is 6.28. The molecule has 3 heteroatoms. The molecule has 1 amide bonds. The Bertz CT molecular complexity index is 824.